The van der Waals surface area contributed by atoms with Gasteiger partial charge in [0.25, 0.3) is 0 Å². The zero-order valence-electron chi connectivity index (χ0n) is 7.72. The zero-order chi connectivity index (χ0) is 11.8. The molecule has 1 N–H and O–H groups in total. The molecule has 7 heteroatoms. The molecule has 16 heavy (non-hydrogen) atoms. The molecule has 2 rings (SSSR count). The summed E-state index contributed by atoms with van der Waals surface area (Å²) in [6.45, 7) is 0. The molecule has 0 fully saturated rings. The third-order valence-corrected chi connectivity index (χ3v) is 2.55. The molecule has 1 aromatic heterocycles. The highest BCUT2D eigenvalue weighted by Crippen LogP contribution is 2.37. The minimum atomic E-state index is -4.41. The topological polar surface area (TPSA) is 41.6 Å². The Kier molecular flexibility index (Phi) is 2.71. The average molecular weight is 292 g/mol. The number of alkyl halides is 3. The van der Waals surface area contributed by atoms with Gasteiger partial charge in [-0.3, -0.25) is 0 Å². The number of hydrogen-bond donors (Lipinski definition) is 1. The summed E-state index contributed by atoms with van der Waals surface area (Å²) in [4.78, 5) is 0. The summed E-state index contributed by atoms with van der Waals surface area (Å²) in [6.07, 6.45) is -4.41. The number of benzene rings is 1. The summed E-state index contributed by atoms with van der Waals surface area (Å²) < 4.78 is 38.3. The molecule has 2 aromatic rings. The molecular formula is C9H5BrF3N3. The standard InChI is InChI=1S/C9H5BrF3N3/c10-8-7(14-16-15-8)5-3-1-2-4-6(5)9(11,12)13/h1-4H,(H,14,15,16). The Morgan fingerprint density at radius 1 is 1.12 bits per heavy atom. The van der Waals surface area contributed by atoms with Gasteiger partial charge in [0.2, 0.25) is 0 Å². The average Bonchev–Trinajstić information content (AvgIpc) is 2.63. The summed E-state index contributed by atoms with van der Waals surface area (Å²) in [5, 5.41) is 9.57. The maximum Gasteiger partial charge on any atom is 0.417 e. The number of H-pyrrole nitrogens is 1. The van der Waals surface area contributed by atoms with Crippen molar-refractivity contribution in [2.75, 3.05) is 0 Å². The number of nitrogens with zero attached hydrogens (tertiary/aromatic N) is 2. The lowest BCUT2D eigenvalue weighted by Gasteiger charge is -2.10. The fraction of sp³-hybridized carbons (Fsp3) is 0.111. The Bertz CT molecular complexity index is 507. The maximum atomic E-state index is 12.7. The Morgan fingerprint density at radius 2 is 1.81 bits per heavy atom. The van der Waals surface area contributed by atoms with Gasteiger partial charge >= 0.3 is 6.18 Å². The smallest absolute Gasteiger partial charge is 0.196 e. The third-order valence-electron chi connectivity index (χ3n) is 1.99. The monoisotopic (exact) mass is 291 g/mol. The van der Waals surface area contributed by atoms with Gasteiger partial charge in [0.1, 0.15) is 5.69 Å². The molecule has 3 nitrogen and oxygen atoms in total. The number of hydrogen-bond acceptors (Lipinski definition) is 2. The second-order valence-electron chi connectivity index (χ2n) is 3.01. The summed E-state index contributed by atoms with van der Waals surface area (Å²) in [6, 6.07) is 5.22. The van der Waals surface area contributed by atoms with Crippen molar-refractivity contribution in [3.05, 3.63) is 34.4 Å². The summed E-state index contributed by atoms with van der Waals surface area (Å²) in [5.74, 6) is 0. The molecule has 84 valence electrons. The molecular weight excluding hydrogens is 287 g/mol. The molecule has 0 aliphatic heterocycles. The van der Waals surface area contributed by atoms with E-state index in [1.807, 2.05) is 0 Å². The molecule has 0 aliphatic rings. The van der Waals surface area contributed by atoms with E-state index in [2.05, 4.69) is 31.3 Å². The zero-order valence-corrected chi connectivity index (χ0v) is 9.30. The van der Waals surface area contributed by atoms with E-state index in [-0.39, 0.29) is 15.9 Å². The van der Waals surface area contributed by atoms with E-state index in [0.717, 1.165) is 6.07 Å². The molecule has 0 saturated heterocycles. The first-order valence-corrected chi connectivity index (χ1v) is 5.02. The molecule has 1 aromatic carbocycles. The fourth-order valence-corrected chi connectivity index (χ4v) is 1.71. The van der Waals surface area contributed by atoms with E-state index in [0.29, 0.717) is 0 Å². The minimum Gasteiger partial charge on any atom is -0.196 e. The highest BCUT2D eigenvalue weighted by molar-refractivity contribution is 9.10. The van der Waals surface area contributed by atoms with E-state index >= 15 is 0 Å². The van der Waals surface area contributed by atoms with Crippen molar-refractivity contribution in [3.8, 4) is 11.3 Å². The summed E-state index contributed by atoms with van der Waals surface area (Å²) in [7, 11) is 0. The van der Waals surface area contributed by atoms with Crippen LogP contribution in [0.1, 0.15) is 5.56 Å². The van der Waals surface area contributed by atoms with E-state index in [1.54, 1.807) is 0 Å². The van der Waals surface area contributed by atoms with Crippen molar-refractivity contribution < 1.29 is 13.2 Å². The lowest BCUT2D eigenvalue weighted by Crippen LogP contribution is -2.07. The third kappa shape index (κ3) is 1.95. The SMILES string of the molecule is FC(F)(F)c1ccccc1-c1n[nH]nc1Br. The number of aromatic nitrogens is 3. The second kappa shape index (κ2) is 3.89. The molecule has 0 radical (unpaired) electrons. The Morgan fingerprint density at radius 3 is 2.38 bits per heavy atom. The first kappa shape index (κ1) is 11.1. The van der Waals surface area contributed by atoms with Gasteiger partial charge in [0.15, 0.2) is 4.60 Å². The molecule has 0 bridgehead atoms. The van der Waals surface area contributed by atoms with Crippen molar-refractivity contribution >= 4 is 15.9 Å². The van der Waals surface area contributed by atoms with Crippen molar-refractivity contribution in [3.63, 3.8) is 0 Å². The van der Waals surface area contributed by atoms with Gasteiger partial charge < -0.3 is 0 Å². The van der Waals surface area contributed by atoms with Crippen molar-refractivity contribution in [1.82, 2.24) is 15.4 Å². The number of nitrogens with one attached hydrogen (secondary N) is 1. The largest absolute Gasteiger partial charge is 0.417 e. The normalized spacial score (nSPS) is 11.8. The van der Waals surface area contributed by atoms with Crippen LogP contribution in [-0.2, 0) is 6.18 Å². The van der Waals surface area contributed by atoms with Gasteiger partial charge in [-0.2, -0.15) is 23.5 Å². The van der Waals surface area contributed by atoms with Gasteiger partial charge in [0, 0.05) is 5.56 Å². The maximum absolute atomic E-state index is 12.7. The van der Waals surface area contributed by atoms with E-state index < -0.39 is 11.7 Å². The Balaban J connectivity index is 2.62. The predicted octanol–water partition coefficient (Wildman–Crippen LogP) is 3.25. The van der Waals surface area contributed by atoms with Crippen LogP contribution in [0.5, 0.6) is 0 Å². The number of aromatic amines is 1. The molecule has 0 saturated carbocycles. The van der Waals surface area contributed by atoms with E-state index in [1.165, 1.54) is 18.2 Å². The van der Waals surface area contributed by atoms with Gasteiger partial charge in [-0.25, -0.2) is 0 Å². The van der Waals surface area contributed by atoms with Crippen molar-refractivity contribution in [1.29, 1.82) is 0 Å². The van der Waals surface area contributed by atoms with Crippen LogP contribution >= 0.6 is 15.9 Å². The van der Waals surface area contributed by atoms with Crippen LogP contribution in [0.25, 0.3) is 11.3 Å². The molecule has 0 spiro atoms. The summed E-state index contributed by atoms with van der Waals surface area (Å²) in [5.41, 5.74) is -0.590. The van der Waals surface area contributed by atoms with Crippen molar-refractivity contribution in [2.45, 2.75) is 6.18 Å². The number of halogens is 4. The fourth-order valence-electron chi connectivity index (χ4n) is 1.33. The minimum absolute atomic E-state index is 0.00405. The molecule has 0 atom stereocenters. The summed E-state index contributed by atoms with van der Waals surface area (Å²) >= 11 is 3.03. The van der Waals surface area contributed by atoms with E-state index in [4.69, 9.17) is 0 Å². The number of rotatable bonds is 1. The lowest BCUT2D eigenvalue weighted by molar-refractivity contribution is -0.137. The van der Waals surface area contributed by atoms with Crippen LogP contribution < -0.4 is 0 Å². The highest BCUT2D eigenvalue weighted by Gasteiger charge is 2.34. The van der Waals surface area contributed by atoms with Crippen LogP contribution in [-0.4, -0.2) is 15.4 Å². The van der Waals surface area contributed by atoms with Gasteiger partial charge in [-0.1, -0.05) is 18.2 Å². The lowest BCUT2D eigenvalue weighted by atomic mass is 10.1. The molecule has 0 aliphatic carbocycles. The first-order valence-electron chi connectivity index (χ1n) is 4.23. The molecule has 0 amide bonds. The first-order chi connectivity index (χ1) is 7.50. The van der Waals surface area contributed by atoms with Crippen molar-refractivity contribution in [2.24, 2.45) is 0 Å². The van der Waals surface area contributed by atoms with Crippen LogP contribution in [0, 0.1) is 0 Å². The Labute approximate surface area is 96.8 Å². The predicted molar refractivity (Wildman–Crippen MR) is 54.5 cm³/mol. The second-order valence-corrected chi connectivity index (χ2v) is 3.76. The molecule has 1 heterocycles. The van der Waals surface area contributed by atoms with Crippen LogP contribution in [0.2, 0.25) is 0 Å². The van der Waals surface area contributed by atoms with Crippen LogP contribution in [0.15, 0.2) is 28.9 Å². The van der Waals surface area contributed by atoms with Gasteiger partial charge in [-0.15, -0.1) is 5.10 Å². The Hall–Kier alpha value is -1.37. The van der Waals surface area contributed by atoms with Crippen LogP contribution in [0.4, 0.5) is 13.2 Å². The highest BCUT2D eigenvalue weighted by atomic mass is 79.9. The molecule has 0 unspecified atom stereocenters. The van der Waals surface area contributed by atoms with Crippen LogP contribution in [0.3, 0.4) is 0 Å². The van der Waals surface area contributed by atoms with Gasteiger partial charge in [-0.05, 0) is 22.0 Å². The van der Waals surface area contributed by atoms with Gasteiger partial charge in [0.05, 0.1) is 5.56 Å². The van der Waals surface area contributed by atoms with E-state index in [9.17, 15) is 13.2 Å². The quantitative estimate of drug-likeness (QED) is 0.876.